The molecule has 0 atom stereocenters. The first-order valence-electron chi connectivity index (χ1n) is 7.54. The van der Waals surface area contributed by atoms with Crippen molar-refractivity contribution < 1.29 is 4.79 Å². The summed E-state index contributed by atoms with van der Waals surface area (Å²) in [5.41, 5.74) is 3.71. The fourth-order valence-corrected chi connectivity index (χ4v) is 2.53. The first-order chi connectivity index (χ1) is 10.4. The number of urea groups is 1. The zero-order valence-corrected chi connectivity index (χ0v) is 13.5. The van der Waals surface area contributed by atoms with Crippen LogP contribution in [0.5, 0.6) is 0 Å². The normalized spacial score (nSPS) is 11.0. The molecule has 0 spiro atoms. The van der Waals surface area contributed by atoms with E-state index < -0.39 is 0 Å². The van der Waals surface area contributed by atoms with Crippen molar-refractivity contribution in [1.82, 2.24) is 15.6 Å². The molecule has 2 rings (SSSR count). The molecule has 0 radical (unpaired) electrons. The Morgan fingerprint density at radius 2 is 1.95 bits per heavy atom. The van der Waals surface area contributed by atoms with Gasteiger partial charge in [-0.1, -0.05) is 6.07 Å². The van der Waals surface area contributed by atoms with Gasteiger partial charge in [0.05, 0.1) is 0 Å². The van der Waals surface area contributed by atoms with E-state index in [0.717, 1.165) is 22.0 Å². The van der Waals surface area contributed by atoms with Crippen LogP contribution in [0, 0.1) is 13.8 Å². The first-order valence-corrected chi connectivity index (χ1v) is 7.54. The average molecular weight is 301 g/mol. The third-order valence-corrected chi connectivity index (χ3v) is 3.49. The fourth-order valence-electron chi connectivity index (χ4n) is 2.53. The number of aromatic nitrogens is 1. The predicted octanol–water partition coefficient (Wildman–Crippen LogP) is 2.40. The van der Waals surface area contributed by atoms with E-state index >= 15 is 0 Å². The number of fused-ring (bicyclic) bond motifs is 1. The third-order valence-electron chi connectivity index (χ3n) is 3.49. The molecule has 0 saturated carbocycles. The Morgan fingerprint density at radius 1 is 1.23 bits per heavy atom. The second kappa shape index (κ2) is 6.64. The lowest BCUT2D eigenvalue weighted by Crippen LogP contribution is -2.40. The minimum atomic E-state index is -0.209. The lowest BCUT2D eigenvalue weighted by molar-refractivity contribution is 0.238. The van der Waals surface area contributed by atoms with Crippen molar-refractivity contribution in [2.24, 2.45) is 0 Å². The van der Waals surface area contributed by atoms with Crippen LogP contribution >= 0.6 is 0 Å². The fraction of sp³-hybridized carbons (Fsp3) is 0.412. The van der Waals surface area contributed by atoms with Gasteiger partial charge in [0.15, 0.2) is 0 Å². The van der Waals surface area contributed by atoms with E-state index in [1.807, 2.05) is 39.8 Å². The molecule has 118 valence electrons. The number of hydrogen-bond donors (Lipinski definition) is 3. The summed E-state index contributed by atoms with van der Waals surface area (Å²) in [5, 5.41) is 6.56. The molecule has 0 saturated heterocycles. The van der Waals surface area contributed by atoms with Crippen molar-refractivity contribution in [2.45, 2.75) is 40.2 Å². The van der Waals surface area contributed by atoms with Gasteiger partial charge in [0.25, 0.3) is 5.56 Å². The molecular weight excluding hydrogens is 278 g/mol. The van der Waals surface area contributed by atoms with E-state index in [0.29, 0.717) is 18.5 Å². The zero-order valence-electron chi connectivity index (χ0n) is 13.5. The third kappa shape index (κ3) is 3.87. The van der Waals surface area contributed by atoms with Gasteiger partial charge in [-0.2, -0.15) is 0 Å². The van der Waals surface area contributed by atoms with Crippen molar-refractivity contribution in [3.63, 3.8) is 0 Å². The topological polar surface area (TPSA) is 74.0 Å². The van der Waals surface area contributed by atoms with Gasteiger partial charge < -0.3 is 15.6 Å². The highest BCUT2D eigenvalue weighted by Crippen LogP contribution is 2.18. The van der Waals surface area contributed by atoms with E-state index in [-0.39, 0.29) is 17.6 Å². The molecular formula is C17H23N3O2. The Kier molecular flexibility index (Phi) is 4.85. The lowest BCUT2D eigenvalue weighted by atomic mass is 10.0. The van der Waals surface area contributed by atoms with Crippen LogP contribution < -0.4 is 16.2 Å². The number of benzene rings is 1. The molecule has 0 aliphatic heterocycles. The number of hydrogen-bond acceptors (Lipinski definition) is 2. The summed E-state index contributed by atoms with van der Waals surface area (Å²) in [5.74, 6) is 0. The highest BCUT2D eigenvalue weighted by molar-refractivity contribution is 5.83. The van der Waals surface area contributed by atoms with Gasteiger partial charge in [-0.05, 0) is 57.4 Å². The summed E-state index contributed by atoms with van der Waals surface area (Å²) in [6, 6.07) is 5.87. The number of carbonyl (C=O) groups excluding carboxylic acids is 1. The quantitative estimate of drug-likeness (QED) is 0.811. The second-order valence-electron chi connectivity index (χ2n) is 5.97. The van der Waals surface area contributed by atoms with E-state index in [2.05, 4.69) is 21.7 Å². The number of H-pyrrole nitrogens is 1. The van der Waals surface area contributed by atoms with Crippen LogP contribution in [0.2, 0.25) is 0 Å². The maximum absolute atomic E-state index is 12.1. The number of pyridine rings is 1. The minimum Gasteiger partial charge on any atom is -0.338 e. The van der Waals surface area contributed by atoms with Crippen LogP contribution in [0.1, 0.15) is 30.5 Å². The number of aryl methyl sites for hydroxylation is 2. The standard InChI is InChI=1S/C17H23N3O2/c1-10(2)19-17(22)18-6-5-13-9-14-12(4)7-11(3)8-15(14)20-16(13)21/h7-10H,5-6H2,1-4H3,(H,20,21)(H2,18,19,22). The summed E-state index contributed by atoms with van der Waals surface area (Å²) >= 11 is 0. The van der Waals surface area contributed by atoms with Crippen molar-refractivity contribution in [3.8, 4) is 0 Å². The Bertz CT molecular complexity index is 747. The van der Waals surface area contributed by atoms with Crippen LogP contribution in [0.4, 0.5) is 4.79 Å². The summed E-state index contributed by atoms with van der Waals surface area (Å²) in [4.78, 5) is 26.6. The van der Waals surface area contributed by atoms with Crippen molar-refractivity contribution in [2.75, 3.05) is 6.54 Å². The molecule has 3 N–H and O–H groups in total. The number of nitrogens with one attached hydrogen (secondary N) is 3. The monoisotopic (exact) mass is 301 g/mol. The zero-order chi connectivity index (χ0) is 16.3. The van der Waals surface area contributed by atoms with E-state index in [1.54, 1.807) is 0 Å². The molecule has 1 aromatic heterocycles. The van der Waals surface area contributed by atoms with Gasteiger partial charge in [-0.3, -0.25) is 4.79 Å². The summed E-state index contributed by atoms with van der Waals surface area (Å²) in [7, 11) is 0. The van der Waals surface area contributed by atoms with Crippen LogP contribution in [-0.2, 0) is 6.42 Å². The molecule has 1 aromatic carbocycles. The predicted molar refractivity (Wildman–Crippen MR) is 89.4 cm³/mol. The summed E-state index contributed by atoms with van der Waals surface area (Å²) < 4.78 is 0. The largest absolute Gasteiger partial charge is 0.338 e. The molecule has 1 heterocycles. The van der Waals surface area contributed by atoms with Gasteiger partial charge in [0.1, 0.15) is 0 Å². The minimum absolute atomic E-state index is 0.0926. The molecule has 0 bridgehead atoms. The van der Waals surface area contributed by atoms with Gasteiger partial charge >= 0.3 is 6.03 Å². The van der Waals surface area contributed by atoms with Gasteiger partial charge in [0, 0.05) is 29.1 Å². The molecule has 0 unspecified atom stereocenters. The van der Waals surface area contributed by atoms with Gasteiger partial charge in [-0.25, -0.2) is 4.79 Å². The number of carbonyl (C=O) groups is 1. The van der Waals surface area contributed by atoms with Gasteiger partial charge in [-0.15, -0.1) is 0 Å². The number of aromatic amines is 1. The van der Waals surface area contributed by atoms with Crippen LogP contribution in [0.3, 0.4) is 0 Å². The highest BCUT2D eigenvalue weighted by Gasteiger charge is 2.07. The second-order valence-corrected chi connectivity index (χ2v) is 5.97. The molecule has 5 nitrogen and oxygen atoms in total. The first kappa shape index (κ1) is 16.1. The Morgan fingerprint density at radius 3 is 2.64 bits per heavy atom. The Hall–Kier alpha value is -2.30. The van der Waals surface area contributed by atoms with Crippen molar-refractivity contribution >= 4 is 16.9 Å². The smallest absolute Gasteiger partial charge is 0.314 e. The molecule has 22 heavy (non-hydrogen) atoms. The maximum Gasteiger partial charge on any atom is 0.314 e. The molecule has 5 heteroatoms. The van der Waals surface area contributed by atoms with Gasteiger partial charge in [0.2, 0.25) is 0 Å². The maximum atomic E-state index is 12.1. The molecule has 0 aliphatic carbocycles. The average Bonchev–Trinajstić information content (AvgIpc) is 2.38. The van der Waals surface area contributed by atoms with E-state index in [1.165, 1.54) is 0 Å². The highest BCUT2D eigenvalue weighted by atomic mass is 16.2. The Balaban J connectivity index is 2.13. The molecule has 0 fully saturated rings. The molecule has 0 aliphatic rings. The van der Waals surface area contributed by atoms with Crippen LogP contribution in [0.25, 0.3) is 10.9 Å². The number of amides is 2. The SMILES string of the molecule is Cc1cc(C)c2cc(CCNC(=O)NC(C)C)c(=O)[nH]c2c1. The molecule has 2 aromatic rings. The van der Waals surface area contributed by atoms with Crippen LogP contribution in [-0.4, -0.2) is 23.6 Å². The lowest BCUT2D eigenvalue weighted by Gasteiger charge is -2.10. The van der Waals surface area contributed by atoms with Crippen molar-refractivity contribution in [1.29, 1.82) is 0 Å². The van der Waals surface area contributed by atoms with Crippen molar-refractivity contribution in [3.05, 3.63) is 45.2 Å². The summed E-state index contributed by atoms with van der Waals surface area (Å²) in [6.45, 7) is 8.27. The molecule has 2 amide bonds. The Labute approximate surface area is 130 Å². The number of rotatable bonds is 4. The summed E-state index contributed by atoms with van der Waals surface area (Å²) in [6.07, 6.45) is 0.504. The van der Waals surface area contributed by atoms with E-state index in [9.17, 15) is 9.59 Å². The van der Waals surface area contributed by atoms with E-state index in [4.69, 9.17) is 0 Å². The van der Waals surface area contributed by atoms with Crippen LogP contribution in [0.15, 0.2) is 23.0 Å².